The molecule has 1 aliphatic rings. The van der Waals surface area contributed by atoms with Gasteiger partial charge in [-0.25, -0.2) is 0 Å². The lowest BCUT2D eigenvalue weighted by Crippen LogP contribution is -2.36. The van der Waals surface area contributed by atoms with Crippen molar-refractivity contribution in [2.75, 3.05) is 13.6 Å². The molecule has 4 nitrogen and oxygen atoms in total. The SMILES string of the molecule is CC(C)CCn1c2c(cc(C(C)N)c1=O)CN(C)CC2. The molecule has 1 aromatic heterocycles. The number of pyridine rings is 1. The molecule has 0 fully saturated rings. The van der Waals surface area contributed by atoms with Crippen molar-refractivity contribution in [3.05, 3.63) is 33.2 Å². The summed E-state index contributed by atoms with van der Waals surface area (Å²) < 4.78 is 1.99. The minimum absolute atomic E-state index is 0.115. The zero-order valence-electron chi connectivity index (χ0n) is 13.1. The smallest absolute Gasteiger partial charge is 0.255 e. The predicted octanol–water partition coefficient (Wildman–Crippen LogP) is 1.90. The molecule has 1 unspecified atom stereocenters. The molecule has 4 heteroatoms. The largest absolute Gasteiger partial charge is 0.324 e. The highest BCUT2D eigenvalue weighted by Gasteiger charge is 2.21. The third kappa shape index (κ3) is 3.13. The van der Waals surface area contributed by atoms with Crippen LogP contribution in [0.1, 0.15) is 50.1 Å². The van der Waals surface area contributed by atoms with Crippen LogP contribution >= 0.6 is 0 Å². The monoisotopic (exact) mass is 277 g/mol. The van der Waals surface area contributed by atoms with Crippen LogP contribution in [-0.4, -0.2) is 23.1 Å². The standard InChI is InChI=1S/C16H27N3O/c1-11(2)5-8-19-15-6-7-18(4)10-13(15)9-14(12(3)17)16(19)20/h9,11-12H,5-8,10,17H2,1-4H3. The van der Waals surface area contributed by atoms with Crippen molar-refractivity contribution in [2.24, 2.45) is 11.7 Å². The molecule has 0 spiro atoms. The molecule has 0 radical (unpaired) electrons. The van der Waals surface area contributed by atoms with Crippen LogP contribution in [-0.2, 0) is 19.5 Å². The Bertz CT molecular complexity index is 531. The van der Waals surface area contributed by atoms with Crippen molar-refractivity contribution in [1.82, 2.24) is 9.47 Å². The molecule has 112 valence electrons. The summed E-state index contributed by atoms with van der Waals surface area (Å²) in [5.41, 5.74) is 9.34. The number of likely N-dealkylation sites (N-methyl/N-ethyl adjacent to an activating group) is 1. The van der Waals surface area contributed by atoms with Crippen LogP contribution in [0.3, 0.4) is 0 Å². The fourth-order valence-electron chi connectivity index (χ4n) is 2.83. The number of fused-ring (bicyclic) bond motifs is 1. The van der Waals surface area contributed by atoms with Gasteiger partial charge in [-0.05, 0) is 37.9 Å². The molecule has 2 heterocycles. The van der Waals surface area contributed by atoms with Crippen LogP contribution in [0.4, 0.5) is 0 Å². The third-order valence-corrected chi connectivity index (χ3v) is 4.11. The maximum Gasteiger partial charge on any atom is 0.255 e. The third-order valence-electron chi connectivity index (χ3n) is 4.11. The number of aromatic nitrogens is 1. The van der Waals surface area contributed by atoms with Gasteiger partial charge in [0, 0.05) is 43.4 Å². The first kappa shape index (κ1) is 15.3. The van der Waals surface area contributed by atoms with Crippen LogP contribution in [0.25, 0.3) is 0 Å². The van der Waals surface area contributed by atoms with Gasteiger partial charge < -0.3 is 15.2 Å². The number of rotatable bonds is 4. The van der Waals surface area contributed by atoms with E-state index in [4.69, 9.17) is 5.73 Å². The summed E-state index contributed by atoms with van der Waals surface area (Å²) in [6.07, 6.45) is 1.99. The number of nitrogens with two attached hydrogens (primary N) is 1. The molecule has 1 atom stereocenters. The number of hydrogen-bond acceptors (Lipinski definition) is 3. The van der Waals surface area contributed by atoms with Gasteiger partial charge >= 0.3 is 0 Å². The number of hydrogen-bond donors (Lipinski definition) is 1. The Morgan fingerprint density at radius 2 is 2.05 bits per heavy atom. The van der Waals surface area contributed by atoms with E-state index in [0.717, 1.165) is 38.0 Å². The van der Waals surface area contributed by atoms with Crippen LogP contribution in [0, 0.1) is 5.92 Å². The molecule has 1 aliphatic heterocycles. The van der Waals surface area contributed by atoms with Gasteiger partial charge in [-0.3, -0.25) is 4.79 Å². The molecular formula is C16H27N3O. The van der Waals surface area contributed by atoms with Crippen LogP contribution < -0.4 is 11.3 Å². The van der Waals surface area contributed by atoms with Crippen molar-refractivity contribution in [1.29, 1.82) is 0 Å². The molecule has 2 N–H and O–H groups in total. The van der Waals surface area contributed by atoms with Crippen molar-refractivity contribution >= 4 is 0 Å². The van der Waals surface area contributed by atoms with Gasteiger partial charge in [-0.1, -0.05) is 13.8 Å². The fourth-order valence-corrected chi connectivity index (χ4v) is 2.83. The van der Waals surface area contributed by atoms with E-state index in [1.54, 1.807) is 0 Å². The second kappa shape index (κ2) is 6.10. The minimum Gasteiger partial charge on any atom is -0.324 e. The maximum atomic E-state index is 12.6. The van der Waals surface area contributed by atoms with E-state index >= 15 is 0 Å². The predicted molar refractivity (Wildman–Crippen MR) is 82.8 cm³/mol. The Hall–Kier alpha value is -1.13. The van der Waals surface area contributed by atoms with Gasteiger partial charge in [0.1, 0.15) is 0 Å². The minimum atomic E-state index is -0.203. The van der Waals surface area contributed by atoms with Crippen molar-refractivity contribution in [3.63, 3.8) is 0 Å². The second-order valence-corrected chi connectivity index (χ2v) is 6.49. The Morgan fingerprint density at radius 1 is 1.35 bits per heavy atom. The summed E-state index contributed by atoms with van der Waals surface area (Å²) in [5.74, 6) is 0.600. The van der Waals surface area contributed by atoms with Gasteiger partial charge in [0.2, 0.25) is 0 Å². The van der Waals surface area contributed by atoms with E-state index in [1.807, 2.05) is 17.6 Å². The summed E-state index contributed by atoms with van der Waals surface area (Å²) in [6, 6.07) is 1.83. The van der Waals surface area contributed by atoms with E-state index in [1.165, 1.54) is 11.3 Å². The molecule has 1 aromatic rings. The Morgan fingerprint density at radius 3 is 2.65 bits per heavy atom. The normalized spacial score (nSPS) is 17.3. The van der Waals surface area contributed by atoms with E-state index in [-0.39, 0.29) is 11.6 Å². The molecule has 20 heavy (non-hydrogen) atoms. The molecule has 2 rings (SSSR count). The van der Waals surface area contributed by atoms with Gasteiger partial charge in [0.15, 0.2) is 0 Å². The van der Waals surface area contributed by atoms with Gasteiger partial charge in [0.05, 0.1) is 0 Å². The lowest BCUT2D eigenvalue weighted by molar-refractivity contribution is 0.302. The lowest BCUT2D eigenvalue weighted by atomic mass is 10.00. The molecule has 0 bridgehead atoms. The summed E-state index contributed by atoms with van der Waals surface area (Å²) >= 11 is 0. The van der Waals surface area contributed by atoms with Gasteiger partial charge in [-0.2, -0.15) is 0 Å². The van der Waals surface area contributed by atoms with E-state index in [9.17, 15) is 4.79 Å². The molecule has 0 saturated heterocycles. The first-order chi connectivity index (χ1) is 9.40. The summed E-state index contributed by atoms with van der Waals surface area (Å²) in [5, 5.41) is 0. The molecule has 0 saturated carbocycles. The Labute approximate surface area is 121 Å². The zero-order chi connectivity index (χ0) is 14.9. The van der Waals surface area contributed by atoms with E-state index < -0.39 is 0 Å². The highest BCUT2D eigenvalue weighted by molar-refractivity contribution is 5.30. The maximum absolute atomic E-state index is 12.6. The van der Waals surface area contributed by atoms with E-state index in [2.05, 4.69) is 25.8 Å². The highest BCUT2D eigenvalue weighted by atomic mass is 16.1. The summed E-state index contributed by atoms with van der Waals surface area (Å²) in [4.78, 5) is 14.9. The topological polar surface area (TPSA) is 51.3 Å². The lowest BCUT2D eigenvalue weighted by Gasteiger charge is -2.29. The van der Waals surface area contributed by atoms with Crippen LogP contribution in [0.5, 0.6) is 0 Å². The van der Waals surface area contributed by atoms with Crippen molar-refractivity contribution in [2.45, 2.75) is 52.7 Å². The zero-order valence-corrected chi connectivity index (χ0v) is 13.1. The van der Waals surface area contributed by atoms with Crippen LogP contribution in [0.2, 0.25) is 0 Å². The second-order valence-electron chi connectivity index (χ2n) is 6.49. The Kier molecular flexibility index (Phi) is 4.66. The molecule has 0 amide bonds. The van der Waals surface area contributed by atoms with Crippen molar-refractivity contribution < 1.29 is 0 Å². The van der Waals surface area contributed by atoms with Crippen molar-refractivity contribution in [3.8, 4) is 0 Å². The number of nitrogens with zero attached hydrogens (tertiary/aromatic N) is 2. The molecule has 0 aliphatic carbocycles. The summed E-state index contributed by atoms with van der Waals surface area (Å²) in [7, 11) is 2.12. The van der Waals surface area contributed by atoms with Gasteiger partial charge in [-0.15, -0.1) is 0 Å². The fraction of sp³-hybridized carbons (Fsp3) is 0.688. The quantitative estimate of drug-likeness (QED) is 0.914. The van der Waals surface area contributed by atoms with E-state index in [0.29, 0.717) is 5.92 Å². The van der Waals surface area contributed by atoms with Crippen LogP contribution in [0.15, 0.2) is 10.9 Å². The first-order valence-electron chi connectivity index (χ1n) is 7.59. The Balaban J connectivity index is 2.48. The molecule has 0 aromatic carbocycles. The first-order valence-corrected chi connectivity index (χ1v) is 7.59. The average Bonchev–Trinajstić information content (AvgIpc) is 2.36. The molecular weight excluding hydrogens is 250 g/mol. The summed E-state index contributed by atoms with van der Waals surface area (Å²) in [6.45, 7) is 9.02. The van der Waals surface area contributed by atoms with Gasteiger partial charge in [0.25, 0.3) is 5.56 Å². The highest BCUT2D eigenvalue weighted by Crippen LogP contribution is 2.20. The average molecular weight is 277 g/mol.